The van der Waals surface area contributed by atoms with E-state index in [9.17, 15) is 4.39 Å². The first kappa shape index (κ1) is 14.0. The fourth-order valence-corrected chi connectivity index (χ4v) is 3.57. The summed E-state index contributed by atoms with van der Waals surface area (Å²) in [5.74, 6) is -0.154. The molecule has 3 heterocycles. The Hall–Kier alpha value is -1.61. The van der Waals surface area contributed by atoms with Gasteiger partial charge in [-0.1, -0.05) is 29.0 Å². The minimum Gasteiger partial charge on any atom is -0.254 e. The molecule has 1 aliphatic heterocycles. The Morgan fingerprint density at radius 3 is 3.00 bits per heavy atom. The van der Waals surface area contributed by atoms with Gasteiger partial charge in [-0.2, -0.15) is 9.61 Å². The molecule has 114 valence electrons. The first-order valence-electron chi connectivity index (χ1n) is 6.81. The van der Waals surface area contributed by atoms with Gasteiger partial charge < -0.3 is 0 Å². The largest absolute Gasteiger partial charge is 0.254 e. The number of fused-ring (bicyclic) bond motifs is 1. The molecule has 0 saturated carbocycles. The maximum Gasteiger partial charge on any atom is 0.235 e. The van der Waals surface area contributed by atoms with Crippen LogP contribution in [-0.2, 0) is 0 Å². The second kappa shape index (κ2) is 5.24. The summed E-state index contributed by atoms with van der Waals surface area (Å²) < 4.78 is 15.8. The summed E-state index contributed by atoms with van der Waals surface area (Å²) in [4.78, 5) is 0.630. The minimum atomic E-state index is -0.512. The maximum absolute atomic E-state index is 14.2. The molecule has 4 rings (SSSR count). The Morgan fingerprint density at radius 1 is 1.36 bits per heavy atom. The van der Waals surface area contributed by atoms with Crippen molar-refractivity contribution in [2.75, 3.05) is 0 Å². The molecule has 0 radical (unpaired) electrons. The summed E-state index contributed by atoms with van der Waals surface area (Å²) in [5.41, 5.74) is 6.65. The van der Waals surface area contributed by atoms with Crippen LogP contribution in [-0.4, -0.2) is 25.9 Å². The van der Waals surface area contributed by atoms with Crippen LogP contribution >= 0.6 is 22.9 Å². The van der Waals surface area contributed by atoms with Crippen LogP contribution < -0.4 is 10.9 Å². The van der Waals surface area contributed by atoms with Gasteiger partial charge in [0, 0.05) is 6.04 Å². The lowest BCUT2D eigenvalue weighted by atomic mass is 10.2. The second-order valence-electron chi connectivity index (χ2n) is 5.24. The lowest BCUT2D eigenvalue weighted by molar-refractivity contribution is 0.555. The number of halogens is 2. The molecule has 2 N–H and O–H groups in total. The number of hydrazine groups is 1. The van der Waals surface area contributed by atoms with Crippen molar-refractivity contribution in [3.8, 4) is 11.4 Å². The normalized spacial score (nSPS) is 21.8. The zero-order valence-electron chi connectivity index (χ0n) is 11.5. The molecule has 1 saturated heterocycles. The van der Waals surface area contributed by atoms with Crippen LogP contribution in [0.4, 0.5) is 4.39 Å². The molecule has 3 aromatic rings. The van der Waals surface area contributed by atoms with Crippen molar-refractivity contribution in [2.45, 2.75) is 25.4 Å². The molecule has 22 heavy (non-hydrogen) atoms. The average molecular weight is 339 g/mol. The molecule has 1 fully saturated rings. The molecule has 0 aliphatic carbocycles. The number of hydrogen-bond donors (Lipinski definition) is 2. The Balaban J connectivity index is 1.79. The molecular formula is C13H12ClFN6S. The van der Waals surface area contributed by atoms with Crippen LogP contribution in [0.2, 0.25) is 5.02 Å². The van der Waals surface area contributed by atoms with Gasteiger partial charge in [0.1, 0.15) is 5.01 Å². The van der Waals surface area contributed by atoms with Gasteiger partial charge in [0.05, 0.1) is 16.6 Å². The van der Waals surface area contributed by atoms with Crippen molar-refractivity contribution < 1.29 is 4.39 Å². The predicted octanol–water partition coefficient (Wildman–Crippen LogP) is 2.57. The third-order valence-electron chi connectivity index (χ3n) is 3.59. The topological polar surface area (TPSA) is 67.1 Å². The van der Waals surface area contributed by atoms with Gasteiger partial charge in [0.25, 0.3) is 0 Å². The number of aromatic nitrogens is 4. The van der Waals surface area contributed by atoms with Gasteiger partial charge in [0.15, 0.2) is 11.6 Å². The summed E-state index contributed by atoms with van der Waals surface area (Å²) in [6, 6.07) is 5.30. The summed E-state index contributed by atoms with van der Waals surface area (Å²) in [6.45, 7) is 2.10. The van der Waals surface area contributed by atoms with E-state index in [2.05, 4.69) is 33.1 Å². The van der Waals surface area contributed by atoms with Crippen molar-refractivity contribution in [3.63, 3.8) is 0 Å². The zero-order chi connectivity index (χ0) is 15.3. The predicted molar refractivity (Wildman–Crippen MR) is 82.2 cm³/mol. The monoisotopic (exact) mass is 338 g/mol. The molecule has 2 aromatic heterocycles. The van der Waals surface area contributed by atoms with Crippen LogP contribution in [0.5, 0.6) is 0 Å². The van der Waals surface area contributed by atoms with E-state index in [1.165, 1.54) is 17.4 Å². The fourth-order valence-electron chi connectivity index (χ4n) is 2.49. The first-order valence-corrected chi connectivity index (χ1v) is 8.00. The summed E-state index contributed by atoms with van der Waals surface area (Å²) in [5, 5.41) is 13.6. The van der Waals surface area contributed by atoms with Gasteiger partial charge in [-0.25, -0.2) is 9.82 Å². The quantitative estimate of drug-likeness (QED) is 0.751. The van der Waals surface area contributed by atoms with Gasteiger partial charge in [-0.15, -0.1) is 10.2 Å². The molecule has 1 aliphatic rings. The lowest BCUT2D eigenvalue weighted by Crippen LogP contribution is -2.28. The van der Waals surface area contributed by atoms with Crippen LogP contribution in [0.15, 0.2) is 18.2 Å². The highest BCUT2D eigenvalue weighted by molar-refractivity contribution is 7.16. The van der Waals surface area contributed by atoms with E-state index >= 15 is 0 Å². The second-order valence-corrected chi connectivity index (χ2v) is 6.63. The Morgan fingerprint density at radius 2 is 2.23 bits per heavy atom. The lowest BCUT2D eigenvalue weighted by Gasteiger charge is -2.03. The highest BCUT2D eigenvalue weighted by atomic mass is 35.5. The molecule has 9 heteroatoms. The molecule has 6 nitrogen and oxygen atoms in total. The first-order chi connectivity index (χ1) is 10.6. The highest BCUT2D eigenvalue weighted by Gasteiger charge is 2.26. The Labute approximate surface area is 134 Å². The van der Waals surface area contributed by atoms with Gasteiger partial charge in [-0.05, 0) is 25.5 Å². The van der Waals surface area contributed by atoms with E-state index in [4.69, 9.17) is 11.6 Å². The van der Waals surface area contributed by atoms with Crippen molar-refractivity contribution >= 4 is 27.9 Å². The molecular weight excluding hydrogens is 327 g/mol. The Kier molecular flexibility index (Phi) is 3.33. The van der Waals surface area contributed by atoms with Crippen LogP contribution in [0.1, 0.15) is 24.4 Å². The molecule has 2 atom stereocenters. The Bertz CT molecular complexity index is 846. The van der Waals surface area contributed by atoms with Crippen molar-refractivity contribution in [3.05, 3.63) is 34.0 Å². The number of nitrogens with zero attached hydrogens (tertiary/aromatic N) is 4. The van der Waals surface area contributed by atoms with E-state index in [1.807, 2.05) is 0 Å². The van der Waals surface area contributed by atoms with E-state index in [1.54, 1.807) is 16.6 Å². The minimum absolute atomic E-state index is 0.0557. The molecule has 0 spiro atoms. The van der Waals surface area contributed by atoms with Crippen molar-refractivity contribution in [2.24, 2.45) is 0 Å². The van der Waals surface area contributed by atoms with E-state index in [0.717, 1.165) is 11.4 Å². The number of benzene rings is 1. The van der Waals surface area contributed by atoms with E-state index in [0.29, 0.717) is 22.4 Å². The molecule has 2 unspecified atom stereocenters. The third-order valence-corrected chi connectivity index (χ3v) is 4.89. The van der Waals surface area contributed by atoms with Crippen LogP contribution in [0, 0.1) is 5.82 Å². The number of nitrogens with one attached hydrogen (secondary N) is 2. The summed E-state index contributed by atoms with van der Waals surface area (Å²) >= 11 is 7.28. The number of hydrogen-bond acceptors (Lipinski definition) is 6. The molecule has 0 bridgehead atoms. The van der Waals surface area contributed by atoms with Crippen molar-refractivity contribution in [1.29, 1.82) is 0 Å². The highest BCUT2D eigenvalue weighted by Crippen LogP contribution is 2.30. The van der Waals surface area contributed by atoms with Gasteiger partial charge in [-0.3, -0.25) is 5.43 Å². The molecule has 1 aromatic carbocycles. The summed E-state index contributed by atoms with van der Waals surface area (Å²) in [7, 11) is 0. The standard InChI is InChI=1S/C13H12ClFN6S/c1-6-5-9(17-16-6)12-20-21-11(18-19-13(21)22-12)7-3-2-4-8(14)10(7)15/h2-4,6,9,16-17H,5H2,1H3. The maximum atomic E-state index is 14.2. The van der Waals surface area contributed by atoms with E-state index < -0.39 is 5.82 Å². The smallest absolute Gasteiger partial charge is 0.235 e. The number of rotatable bonds is 2. The molecule has 0 amide bonds. The van der Waals surface area contributed by atoms with Crippen molar-refractivity contribution in [1.82, 2.24) is 30.7 Å². The zero-order valence-corrected chi connectivity index (χ0v) is 13.1. The van der Waals surface area contributed by atoms with Gasteiger partial charge in [0.2, 0.25) is 4.96 Å². The SMILES string of the molecule is CC1CC(c2nn3c(-c4cccc(Cl)c4F)nnc3s2)NN1. The van der Waals surface area contributed by atoms with E-state index in [-0.39, 0.29) is 11.1 Å². The van der Waals surface area contributed by atoms with Crippen LogP contribution in [0.25, 0.3) is 16.3 Å². The third kappa shape index (κ3) is 2.19. The fraction of sp³-hybridized carbons (Fsp3) is 0.308. The van der Waals surface area contributed by atoms with Gasteiger partial charge >= 0.3 is 0 Å². The van der Waals surface area contributed by atoms with Crippen LogP contribution in [0.3, 0.4) is 0 Å². The average Bonchev–Trinajstić information content (AvgIpc) is 3.17. The summed E-state index contributed by atoms with van der Waals surface area (Å²) in [6.07, 6.45) is 0.935.